The zero-order valence-electron chi connectivity index (χ0n) is 13.8. The van der Waals surface area contributed by atoms with E-state index in [9.17, 15) is 4.79 Å². The molecule has 0 saturated carbocycles. The molecule has 1 rings (SSSR count). The fraction of sp³-hybridized carbons (Fsp3) is 0.647. The highest BCUT2D eigenvalue weighted by Crippen LogP contribution is 2.12. The Morgan fingerprint density at radius 2 is 1.95 bits per heavy atom. The van der Waals surface area contributed by atoms with Crippen LogP contribution in [0.3, 0.4) is 0 Å². The van der Waals surface area contributed by atoms with Crippen LogP contribution in [0, 0.1) is 5.92 Å². The molecule has 0 aliphatic rings. The second-order valence-electron chi connectivity index (χ2n) is 5.85. The van der Waals surface area contributed by atoms with Gasteiger partial charge in [-0.05, 0) is 37.3 Å². The molecule has 0 spiro atoms. The van der Waals surface area contributed by atoms with Gasteiger partial charge in [-0.15, -0.1) is 0 Å². The molecule has 0 aliphatic heterocycles. The van der Waals surface area contributed by atoms with Crippen molar-refractivity contribution in [3.8, 4) is 0 Å². The SMILES string of the molecule is CCCNc1cc(C(=O)NCCC(C)C)cc(CCC)n1. The van der Waals surface area contributed by atoms with E-state index in [0.29, 0.717) is 11.5 Å². The Hall–Kier alpha value is -1.58. The summed E-state index contributed by atoms with van der Waals surface area (Å²) in [5.41, 5.74) is 1.68. The highest BCUT2D eigenvalue weighted by molar-refractivity contribution is 5.95. The molecule has 0 aliphatic carbocycles. The van der Waals surface area contributed by atoms with Crippen molar-refractivity contribution in [1.82, 2.24) is 10.3 Å². The molecule has 118 valence electrons. The molecule has 0 bridgehead atoms. The van der Waals surface area contributed by atoms with Crippen molar-refractivity contribution in [2.24, 2.45) is 5.92 Å². The third kappa shape index (κ3) is 6.61. The summed E-state index contributed by atoms with van der Waals surface area (Å²) in [5.74, 6) is 1.40. The van der Waals surface area contributed by atoms with E-state index in [1.807, 2.05) is 12.1 Å². The average Bonchev–Trinajstić information content (AvgIpc) is 2.44. The second-order valence-corrected chi connectivity index (χ2v) is 5.85. The lowest BCUT2D eigenvalue weighted by atomic mass is 10.1. The van der Waals surface area contributed by atoms with Crippen LogP contribution in [0.1, 0.15) is 63.0 Å². The number of hydrogen-bond acceptors (Lipinski definition) is 3. The van der Waals surface area contributed by atoms with Crippen LogP contribution in [0.2, 0.25) is 0 Å². The summed E-state index contributed by atoms with van der Waals surface area (Å²) in [6, 6.07) is 3.75. The molecule has 0 unspecified atom stereocenters. The van der Waals surface area contributed by atoms with Gasteiger partial charge in [0.05, 0.1) is 0 Å². The van der Waals surface area contributed by atoms with Gasteiger partial charge in [0.1, 0.15) is 5.82 Å². The minimum absolute atomic E-state index is 0.00467. The molecule has 4 heteroatoms. The quantitative estimate of drug-likeness (QED) is 0.730. The van der Waals surface area contributed by atoms with Gasteiger partial charge in [-0.1, -0.05) is 34.1 Å². The molecular formula is C17H29N3O. The van der Waals surface area contributed by atoms with Crippen molar-refractivity contribution in [1.29, 1.82) is 0 Å². The topological polar surface area (TPSA) is 54.0 Å². The normalized spacial score (nSPS) is 10.7. The van der Waals surface area contributed by atoms with Gasteiger partial charge in [-0.2, -0.15) is 0 Å². The van der Waals surface area contributed by atoms with Gasteiger partial charge in [0.15, 0.2) is 0 Å². The molecule has 0 fully saturated rings. The number of carbonyl (C=O) groups is 1. The number of aromatic nitrogens is 1. The summed E-state index contributed by atoms with van der Waals surface area (Å²) in [5, 5.41) is 6.26. The first-order valence-electron chi connectivity index (χ1n) is 8.09. The molecular weight excluding hydrogens is 262 g/mol. The maximum Gasteiger partial charge on any atom is 0.251 e. The molecule has 21 heavy (non-hydrogen) atoms. The maximum atomic E-state index is 12.2. The van der Waals surface area contributed by atoms with Crippen LogP contribution in [-0.4, -0.2) is 24.0 Å². The van der Waals surface area contributed by atoms with Gasteiger partial charge < -0.3 is 10.6 Å². The number of aryl methyl sites for hydroxylation is 1. The first kappa shape index (κ1) is 17.5. The fourth-order valence-electron chi connectivity index (χ4n) is 2.02. The van der Waals surface area contributed by atoms with Crippen molar-refractivity contribution in [2.45, 2.75) is 53.4 Å². The smallest absolute Gasteiger partial charge is 0.251 e. The lowest BCUT2D eigenvalue weighted by molar-refractivity contribution is 0.0952. The van der Waals surface area contributed by atoms with E-state index in [2.05, 4.69) is 43.3 Å². The monoisotopic (exact) mass is 291 g/mol. The lowest BCUT2D eigenvalue weighted by Gasteiger charge is -2.11. The number of pyridine rings is 1. The van der Waals surface area contributed by atoms with Gasteiger partial charge >= 0.3 is 0 Å². The number of anilines is 1. The van der Waals surface area contributed by atoms with Gasteiger partial charge in [0.2, 0.25) is 0 Å². The van der Waals surface area contributed by atoms with Crippen molar-refractivity contribution in [2.75, 3.05) is 18.4 Å². The minimum atomic E-state index is -0.00467. The van der Waals surface area contributed by atoms with Crippen molar-refractivity contribution in [3.63, 3.8) is 0 Å². The van der Waals surface area contributed by atoms with E-state index in [0.717, 1.165) is 50.3 Å². The predicted molar refractivity (Wildman–Crippen MR) is 88.8 cm³/mol. The van der Waals surface area contributed by atoms with Crippen molar-refractivity contribution < 1.29 is 4.79 Å². The molecule has 0 radical (unpaired) electrons. The van der Waals surface area contributed by atoms with Crippen LogP contribution in [0.15, 0.2) is 12.1 Å². The Balaban J connectivity index is 2.77. The summed E-state index contributed by atoms with van der Waals surface area (Å²) in [6.45, 7) is 10.1. The molecule has 0 aromatic carbocycles. The maximum absolute atomic E-state index is 12.2. The zero-order valence-corrected chi connectivity index (χ0v) is 13.8. The summed E-state index contributed by atoms with van der Waals surface area (Å²) < 4.78 is 0. The van der Waals surface area contributed by atoms with E-state index in [1.165, 1.54) is 0 Å². The Kier molecular flexibility index (Phi) is 7.80. The van der Waals surface area contributed by atoms with Crippen molar-refractivity contribution in [3.05, 3.63) is 23.4 Å². The molecule has 4 nitrogen and oxygen atoms in total. The Bertz CT molecular complexity index is 444. The van der Waals surface area contributed by atoms with Crippen LogP contribution in [0.25, 0.3) is 0 Å². The van der Waals surface area contributed by atoms with E-state index in [4.69, 9.17) is 0 Å². The molecule has 0 saturated heterocycles. The molecule has 1 aromatic heterocycles. The van der Waals surface area contributed by atoms with Crippen LogP contribution >= 0.6 is 0 Å². The lowest BCUT2D eigenvalue weighted by Crippen LogP contribution is -2.25. The minimum Gasteiger partial charge on any atom is -0.370 e. The van der Waals surface area contributed by atoms with Crippen molar-refractivity contribution >= 4 is 11.7 Å². The molecule has 1 heterocycles. The van der Waals surface area contributed by atoms with Gasteiger partial charge in [0, 0.05) is 24.3 Å². The predicted octanol–water partition coefficient (Wildman–Crippen LogP) is 3.63. The average molecular weight is 291 g/mol. The number of rotatable bonds is 9. The number of hydrogen-bond donors (Lipinski definition) is 2. The van der Waals surface area contributed by atoms with E-state index >= 15 is 0 Å². The van der Waals surface area contributed by atoms with Gasteiger partial charge in [-0.3, -0.25) is 4.79 Å². The summed E-state index contributed by atoms with van der Waals surface area (Å²) >= 11 is 0. The third-order valence-electron chi connectivity index (χ3n) is 3.21. The summed E-state index contributed by atoms with van der Waals surface area (Å²) in [4.78, 5) is 16.8. The molecule has 2 N–H and O–H groups in total. The first-order chi connectivity index (χ1) is 10.1. The van der Waals surface area contributed by atoms with Crippen LogP contribution in [-0.2, 0) is 6.42 Å². The Labute approximate surface area is 128 Å². The van der Waals surface area contributed by atoms with Crippen LogP contribution in [0.5, 0.6) is 0 Å². The van der Waals surface area contributed by atoms with E-state index in [1.54, 1.807) is 0 Å². The third-order valence-corrected chi connectivity index (χ3v) is 3.21. The van der Waals surface area contributed by atoms with Crippen LogP contribution in [0.4, 0.5) is 5.82 Å². The largest absolute Gasteiger partial charge is 0.370 e. The highest BCUT2D eigenvalue weighted by Gasteiger charge is 2.09. The Morgan fingerprint density at radius 3 is 2.57 bits per heavy atom. The second kappa shape index (κ2) is 9.37. The Morgan fingerprint density at radius 1 is 1.19 bits per heavy atom. The molecule has 1 aromatic rings. The number of nitrogens with zero attached hydrogens (tertiary/aromatic N) is 1. The number of amides is 1. The van der Waals surface area contributed by atoms with Crippen LogP contribution < -0.4 is 10.6 Å². The molecule has 1 amide bonds. The number of carbonyl (C=O) groups excluding carboxylic acids is 1. The highest BCUT2D eigenvalue weighted by atomic mass is 16.1. The van der Waals surface area contributed by atoms with Gasteiger partial charge in [-0.25, -0.2) is 4.98 Å². The molecule has 0 atom stereocenters. The first-order valence-corrected chi connectivity index (χ1v) is 8.09. The number of nitrogens with one attached hydrogen (secondary N) is 2. The summed E-state index contributed by atoms with van der Waals surface area (Å²) in [6.07, 6.45) is 3.96. The fourth-order valence-corrected chi connectivity index (χ4v) is 2.02. The van der Waals surface area contributed by atoms with E-state index < -0.39 is 0 Å². The summed E-state index contributed by atoms with van der Waals surface area (Å²) in [7, 11) is 0. The standard InChI is InChI=1S/C17H29N3O/c1-5-7-15-11-14(12-16(20-15)18-9-6-2)17(21)19-10-8-13(3)4/h11-13H,5-10H2,1-4H3,(H,18,20)(H,19,21). The zero-order chi connectivity index (χ0) is 15.7. The van der Waals surface area contributed by atoms with Gasteiger partial charge in [0.25, 0.3) is 5.91 Å². The van der Waals surface area contributed by atoms with E-state index in [-0.39, 0.29) is 5.91 Å².